The van der Waals surface area contributed by atoms with Crippen LogP contribution < -0.4 is 9.55 Å². The summed E-state index contributed by atoms with van der Waals surface area (Å²) in [6.07, 6.45) is 3.74. The molecule has 26 heavy (non-hydrogen) atoms. The first-order valence-corrected chi connectivity index (χ1v) is 8.88. The van der Waals surface area contributed by atoms with Crippen molar-refractivity contribution in [2.45, 2.75) is 33.0 Å². The molecule has 1 aliphatic rings. The number of fused-ring (bicyclic) bond motifs is 3. The first-order chi connectivity index (χ1) is 12.4. The third-order valence-electron chi connectivity index (χ3n) is 5.00. The molecular formula is C20H23BN4O. The molecule has 5 nitrogen and oxygen atoms in total. The zero-order chi connectivity index (χ0) is 18.5. The molecule has 1 aliphatic heterocycles. The van der Waals surface area contributed by atoms with Crippen molar-refractivity contribution in [1.29, 1.82) is 0 Å². The Bertz CT molecular complexity index is 960. The summed E-state index contributed by atoms with van der Waals surface area (Å²) in [7, 11) is 1.70. The van der Waals surface area contributed by atoms with Gasteiger partial charge in [0.05, 0.1) is 12.8 Å². The molecule has 0 bridgehead atoms. The van der Waals surface area contributed by atoms with E-state index in [4.69, 9.17) is 4.74 Å². The number of ether oxygens (including phenoxy) is 1. The largest absolute Gasteiger partial charge is 0.497 e. The van der Waals surface area contributed by atoms with Crippen molar-refractivity contribution in [2.75, 3.05) is 11.9 Å². The van der Waals surface area contributed by atoms with Crippen molar-refractivity contribution in [2.24, 2.45) is 0 Å². The van der Waals surface area contributed by atoms with Crippen LogP contribution in [0.1, 0.15) is 26.3 Å². The molecule has 0 saturated carbocycles. The fourth-order valence-electron chi connectivity index (χ4n) is 3.52. The minimum atomic E-state index is 0.0160. The number of anilines is 2. The molecule has 0 radical (unpaired) electrons. The normalized spacial score (nSPS) is 13.4. The van der Waals surface area contributed by atoms with Gasteiger partial charge in [-0.05, 0) is 48.1 Å². The van der Waals surface area contributed by atoms with Crippen molar-refractivity contribution in [3.8, 4) is 17.0 Å². The second-order valence-electron chi connectivity index (χ2n) is 7.70. The van der Waals surface area contributed by atoms with Crippen molar-refractivity contribution in [1.82, 2.24) is 14.7 Å². The Morgan fingerprint density at radius 1 is 1.04 bits per heavy atom. The van der Waals surface area contributed by atoms with E-state index in [0.717, 1.165) is 28.5 Å². The standard InChI is InChI=1S/C20H23BN4O/c1-20(2,3)14-8-10-22-19(12-14)24-18-13-15(26-5)6-7-16(18)17-9-11-23-25(17)21(24)4/h6-13H,1-5H3. The first kappa shape index (κ1) is 16.7. The molecule has 0 fully saturated rings. The summed E-state index contributed by atoms with van der Waals surface area (Å²) in [5, 5.41) is 4.54. The molecule has 0 saturated heterocycles. The van der Waals surface area contributed by atoms with Crippen LogP contribution >= 0.6 is 0 Å². The lowest BCUT2D eigenvalue weighted by Crippen LogP contribution is -2.44. The van der Waals surface area contributed by atoms with Gasteiger partial charge in [-0.2, -0.15) is 5.10 Å². The van der Waals surface area contributed by atoms with E-state index < -0.39 is 0 Å². The highest BCUT2D eigenvalue weighted by Crippen LogP contribution is 2.42. The number of nitrogens with zero attached hydrogens (tertiary/aromatic N) is 4. The van der Waals surface area contributed by atoms with Gasteiger partial charge in [-0.25, -0.2) is 4.98 Å². The van der Waals surface area contributed by atoms with Crippen LogP contribution in [-0.2, 0) is 5.41 Å². The van der Waals surface area contributed by atoms with Crippen molar-refractivity contribution in [3.63, 3.8) is 0 Å². The highest BCUT2D eigenvalue weighted by Gasteiger charge is 2.34. The number of pyridine rings is 1. The third kappa shape index (κ3) is 2.57. The summed E-state index contributed by atoms with van der Waals surface area (Å²) in [5.74, 6) is 1.75. The van der Waals surface area contributed by atoms with Gasteiger partial charge in [-0.3, -0.25) is 4.59 Å². The Hall–Kier alpha value is -2.76. The van der Waals surface area contributed by atoms with Crippen LogP contribution in [-0.4, -0.2) is 28.8 Å². The smallest absolute Gasteiger partial charge is 0.401 e. The summed E-state index contributed by atoms with van der Waals surface area (Å²) in [5.41, 5.74) is 4.64. The van der Waals surface area contributed by atoms with E-state index in [-0.39, 0.29) is 12.4 Å². The quantitative estimate of drug-likeness (QED) is 0.647. The van der Waals surface area contributed by atoms with Gasteiger partial charge in [0.15, 0.2) is 0 Å². The van der Waals surface area contributed by atoms with Crippen LogP contribution in [0.25, 0.3) is 11.3 Å². The molecule has 0 amide bonds. The third-order valence-corrected chi connectivity index (χ3v) is 5.00. The Morgan fingerprint density at radius 2 is 1.85 bits per heavy atom. The predicted molar refractivity (Wildman–Crippen MR) is 106 cm³/mol. The first-order valence-electron chi connectivity index (χ1n) is 8.88. The van der Waals surface area contributed by atoms with Gasteiger partial charge in [0, 0.05) is 29.7 Å². The summed E-state index contributed by atoms with van der Waals surface area (Å²) in [4.78, 5) is 6.91. The topological polar surface area (TPSA) is 43.2 Å². The molecule has 132 valence electrons. The van der Waals surface area contributed by atoms with Gasteiger partial charge >= 0.3 is 6.98 Å². The van der Waals surface area contributed by atoms with E-state index in [1.807, 2.05) is 23.1 Å². The summed E-state index contributed by atoms with van der Waals surface area (Å²) in [6, 6.07) is 12.5. The number of aromatic nitrogens is 3. The zero-order valence-electron chi connectivity index (χ0n) is 15.9. The van der Waals surface area contributed by atoms with E-state index >= 15 is 0 Å². The van der Waals surface area contributed by atoms with Crippen LogP contribution in [0, 0.1) is 0 Å². The molecule has 0 aliphatic carbocycles. The lowest BCUT2D eigenvalue weighted by atomic mass is 9.73. The predicted octanol–water partition coefficient (Wildman–Crippen LogP) is 4.37. The average Bonchev–Trinajstić information content (AvgIpc) is 3.11. The van der Waals surface area contributed by atoms with Gasteiger partial charge in [-0.1, -0.05) is 20.8 Å². The van der Waals surface area contributed by atoms with Crippen LogP contribution in [0.5, 0.6) is 5.75 Å². The van der Waals surface area contributed by atoms with E-state index in [9.17, 15) is 0 Å². The summed E-state index contributed by atoms with van der Waals surface area (Å²) in [6.45, 7) is 8.81. The fourth-order valence-corrected chi connectivity index (χ4v) is 3.52. The summed E-state index contributed by atoms with van der Waals surface area (Å²) >= 11 is 0. The SMILES string of the molecule is COc1ccc2c(c1)N(c1cc(C(C)(C)C)ccn1)B(C)n1nccc1-2. The van der Waals surface area contributed by atoms with E-state index in [1.165, 1.54) is 5.56 Å². The second kappa shape index (κ2) is 5.90. The lowest BCUT2D eigenvalue weighted by molar-refractivity contribution is 0.415. The molecule has 1 aromatic carbocycles. The number of hydrogen-bond donors (Lipinski definition) is 0. The lowest BCUT2D eigenvalue weighted by Gasteiger charge is -2.35. The van der Waals surface area contributed by atoms with E-state index in [0.29, 0.717) is 0 Å². The van der Waals surface area contributed by atoms with Crippen LogP contribution in [0.3, 0.4) is 0 Å². The fraction of sp³-hybridized carbons (Fsp3) is 0.300. The van der Waals surface area contributed by atoms with Gasteiger partial charge in [0.1, 0.15) is 11.6 Å². The van der Waals surface area contributed by atoms with Crippen LogP contribution in [0.15, 0.2) is 48.8 Å². The highest BCUT2D eigenvalue weighted by atomic mass is 16.5. The molecule has 0 N–H and O–H groups in total. The molecule has 0 unspecified atom stereocenters. The van der Waals surface area contributed by atoms with Gasteiger partial charge < -0.3 is 9.55 Å². The van der Waals surface area contributed by atoms with Crippen molar-refractivity contribution >= 4 is 18.5 Å². The van der Waals surface area contributed by atoms with Crippen LogP contribution in [0.2, 0.25) is 6.82 Å². The number of methoxy groups -OCH3 is 1. The second-order valence-corrected chi connectivity index (χ2v) is 7.70. The van der Waals surface area contributed by atoms with Crippen molar-refractivity contribution in [3.05, 3.63) is 54.4 Å². The molecule has 0 atom stereocenters. The Labute approximate surface area is 154 Å². The molecule has 3 aromatic rings. The zero-order valence-corrected chi connectivity index (χ0v) is 15.9. The van der Waals surface area contributed by atoms with Gasteiger partial charge in [0.2, 0.25) is 0 Å². The minimum absolute atomic E-state index is 0.0160. The molecule has 4 rings (SSSR count). The monoisotopic (exact) mass is 346 g/mol. The molecule has 6 heteroatoms. The Morgan fingerprint density at radius 3 is 2.58 bits per heavy atom. The minimum Gasteiger partial charge on any atom is -0.497 e. The molecule has 2 aromatic heterocycles. The number of benzene rings is 1. The van der Waals surface area contributed by atoms with Crippen molar-refractivity contribution < 1.29 is 4.74 Å². The highest BCUT2D eigenvalue weighted by molar-refractivity contribution is 6.63. The number of rotatable bonds is 2. The molecule has 0 spiro atoms. The van der Waals surface area contributed by atoms with Crippen LogP contribution in [0.4, 0.5) is 11.5 Å². The van der Waals surface area contributed by atoms with Gasteiger partial charge in [-0.15, -0.1) is 0 Å². The van der Waals surface area contributed by atoms with E-state index in [1.54, 1.807) is 7.11 Å². The summed E-state index contributed by atoms with van der Waals surface area (Å²) < 4.78 is 7.52. The Kier molecular flexibility index (Phi) is 3.79. The Balaban J connectivity index is 1.92. The maximum atomic E-state index is 5.48. The molecular weight excluding hydrogens is 323 g/mol. The molecule has 3 heterocycles. The average molecular weight is 346 g/mol. The maximum Gasteiger partial charge on any atom is 0.401 e. The van der Waals surface area contributed by atoms with Gasteiger partial charge in [0.25, 0.3) is 0 Å². The number of hydrogen-bond acceptors (Lipinski definition) is 4. The maximum absolute atomic E-state index is 5.48. The van der Waals surface area contributed by atoms with E-state index in [2.05, 4.69) is 72.8 Å².